The summed E-state index contributed by atoms with van der Waals surface area (Å²) in [7, 11) is 0.324. The third kappa shape index (κ3) is 2.52. The van der Waals surface area contributed by atoms with Crippen molar-refractivity contribution in [1.82, 2.24) is 0 Å². The number of hydrogen-bond acceptors (Lipinski definition) is 4. The first kappa shape index (κ1) is 12.1. The normalized spacial score (nSPS) is 9.06. The van der Waals surface area contributed by atoms with Gasteiger partial charge in [0.05, 0.1) is 20.8 Å². The molecule has 0 N–H and O–H groups in total. The lowest BCUT2D eigenvalue weighted by molar-refractivity contribution is 0.394. The van der Waals surface area contributed by atoms with Gasteiger partial charge in [-0.25, -0.2) is 4.85 Å². The maximum absolute atomic E-state index is 10.8. The highest BCUT2D eigenvalue weighted by atomic mass is 32.2. The molecule has 0 spiro atoms. The standard InChI is InChI=1S/C10H9NO4S/c1-11-10(16(12)13)7-4-8(14-2)6-9(5-7)15-3/h4-6H,2-3H3. The fourth-order valence-electron chi connectivity index (χ4n) is 1.13. The lowest BCUT2D eigenvalue weighted by Crippen LogP contribution is -1.98. The minimum Gasteiger partial charge on any atom is -0.497 e. The summed E-state index contributed by atoms with van der Waals surface area (Å²) < 4.78 is 31.5. The Bertz CT molecular complexity index is 539. The molecule has 0 heterocycles. The van der Waals surface area contributed by atoms with Gasteiger partial charge in [0.1, 0.15) is 11.5 Å². The van der Waals surface area contributed by atoms with Gasteiger partial charge in [0.15, 0.2) is 0 Å². The maximum atomic E-state index is 10.8. The number of methoxy groups -OCH3 is 2. The number of rotatable bonds is 3. The summed E-state index contributed by atoms with van der Waals surface area (Å²) in [6.45, 7) is 6.80. The van der Waals surface area contributed by atoms with Crippen LogP contribution in [0.15, 0.2) is 18.2 Å². The molecule has 5 nitrogen and oxygen atoms in total. The van der Waals surface area contributed by atoms with Gasteiger partial charge in [-0.15, -0.1) is 0 Å². The zero-order valence-electron chi connectivity index (χ0n) is 8.72. The minimum atomic E-state index is -2.57. The van der Waals surface area contributed by atoms with Gasteiger partial charge in [-0.3, -0.25) is 0 Å². The van der Waals surface area contributed by atoms with Gasteiger partial charge in [-0.05, 0) is 12.1 Å². The van der Waals surface area contributed by atoms with Crippen molar-refractivity contribution in [3.8, 4) is 11.5 Å². The third-order valence-electron chi connectivity index (χ3n) is 1.86. The Hall–Kier alpha value is -2.00. The van der Waals surface area contributed by atoms with E-state index < -0.39 is 10.3 Å². The van der Waals surface area contributed by atoms with E-state index in [-0.39, 0.29) is 10.6 Å². The Kier molecular flexibility index (Phi) is 3.91. The van der Waals surface area contributed by atoms with Crippen LogP contribution in [0.5, 0.6) is 11.5 Å². The molecule has 0 radical (unpaired) electrons. The summed E-state index contributed by atoms with van der Waals surface area (Å²) in [5.74, 6) is 0.863. The molecule has 0 aliphatic rings. The van der Waals surface area contributed by atoms with Crippen molar-refractivity contribution in [3.05, 3.63) is 35.2 Å². The van der Waals surface area contributed by atoms with E-state index in [2.05, 4.69) is 4.85 Å². The molecule has 0 atom stereocenters. The average molecular weight is 239 g/mol. The topological polar surface area (TPSA) is 57.0 Å². The van der Waals surface area contributed by atoms with Gasteiger partial charge in [0.25, 0.3) is 0 Å². The van der Waals surface area contributed by atoms with E-state index in [0.29, 0.717) is 11.5 Å². The first-order chi connectivity index (χ1) is 7.62. The van der Waals surface area contributed by atoms with Crippen molar-refractivity contribution >= 4 is 15.3 Å². The van der Waals surface area contributed by atoms with Crippen LogP contribution in [-0.2, 0) is 10.3 Å². The first-order valence-electron chi connectivity index (χ1n) is 4.19. The maximum Gasteiger partial charge on any atom is 0.310 e. The van der Waals surface area contributed by atoms with Crippen LogP contribution in [-0.4, -0.2) is 27.6 Å². The predicted octanol–water partition coefficient (Wildman–Crippen LogP) is 0.980. The lowest BCUT2D eigenvalue weighted by Gasteiger charge is -2.06. The summed E-state index contributed by atoms with van der Waals surface area (Å²) in [6.07, 6.45) is 0. The van der Waals surface area contributed by atoms with Crippen molar-refractivity contribution in [1.29, 1.82) is 0 Å². The van der Waals surface area contributed by atoms with E-state index in [0.717, 1.165) is 0 Å². The molecule has 1 aromatic carbocycles. The number of nitrogens with zero attached hydrogens (tertiary/aromatic N) is 1. The van der Waals surface area contributed by atoms with Crippen molar-refractivity contribution < 1.29 is 17.9 Å². The van der Waals surface area contributed by atoms with E-state index in [4.69, 9.17) is 16.0 Å². The van der Waals surface area contributed by atoms with Crippen LogP contribution in [0.4, 0.5) is 0 Å². The summed E-state index contributed by atoms with van der Waals surface area (Å²) >= 11 is 0. The van der Waals surface area contributed by atoms with Gasteiger partial charge in [-0.1, -0.05) is 0 Å². The number of benzene rings is 1. The third-order valence-corrected chi connectivity index (χ3v) is 2.50. The molecule has 0 unspecified atom stereocenters. The van der Waals surface area contributed by atoms with Gasteiger partial charge in [-0.2, -0.15) is 8.42 Å². The summed E-state index contributed by atoms with van der Waals surface area (Å²) in [4.78, 5) is 2.59. The quantitative estimate of drug-likeness (QED) is 0.583. The fraction of sp³-hybridized carbons (Fsp3) is 0.200. The number of ether oxygens (including phenoxy) is 2. The molecule has 0 amide bonds. The molecule has 0 aliphatic carbocycles. The summed E-state index contributed by atoms with van der Waals surface area (Å²) in [5.41, 5.74) is 0.250. The van der Waals surface area contributed by atoms with E-state index in [1.807, 2.05) is 0 Å². The highest BCUT2D eigenvalue weighted by molar-refractivity contribution is 7.73. The summed E-state index contributed by atoms with van der Waals surface area (Å²) in [5, 5.41) is 0. The molecule has 1 aromatic rings. The molecule has 1 rings (SSSR count). The SMILES string of the molecule is [C-]#[N+]C(c1cc(OC)cc(OC)c1)=S(=O)=O. The first-order valence-corrected chi connectivity index (χ1v) is 5.27. The Morgan fingerprint density at radius 2 is 1.69 bits per heavy atom. The molecule has 16 heavy (non-hydrogen) atoms. The van der Waals surface area contributed by atoms with E-state index in [1.54, 1.807) is 6.07 Å². The minimum absolute atomic E-state index is 0.250. The second kappa shape index (κ2) is 5.19. The highest BCUT2D eigenvalue weighted by Gasteiger charge is 2.09. The van der Waals surface area contributed by atoms with Crippen LogP contribution in [0, 0.1) is 6.57 Å². The van der Waals surface area contributed by atoms with Gasteiger partial charge in [0, 0.05) is 11.6 Å². The van der Waals surface area contributed by atoms with Crippen molar-refractivity contribution in [2.75, 3.05) is 14.2 Å². The molecule has 0 saturated carbocycles. The molecule has 0 aliphatic heterocycles. The van der Waals surface area contributed by atoms with Crippen LogP contribution < -0.4 is 9.47 Å². The molecule has 6 heteroatoms. The molecule has 0 aromatic heterocycles. The molecule has 84 valence electrons. The lowest BCUT2D eigenvalue weighted by atomic mass is 10.2. The van der Waals surface area contributed by atoms with E-state index >= 15 is 0 Å². The zero-order valence-corrected chi connectivity index (χ0v) is 9.54. The summed E-state index contributed by atoms with van der Waals surface area (Å²) in [6, 6.07) is 4.52. The smallest absolute Gasteiger partial charge is 0.310 e. The second-order valence-corrected chi connectivity index (χ2v) is 3.61. The van der Waals surface area contributed by atoms with Gasteiger partial charge >= 0.3 is 4.99 Å². The Labute approximate surface area is 94.6 Å². The van der Waals surface area contributed by atoms with Gasteiger partial charge < -0.3 is 9.47 Å². The average Bonchev–Trinajstić information content (AvgIpc) is 2.29. The molecular formula is C10H9NO4S. The Morgan fingerprint density at radius 1 is 1.19 bits per heavy atom. The predicted molar refractivity (Wildman–Crippen MR) is 59.2 cm³/mol. The van der Waals surface area contributed by atoms with Crippen LogP contribution in [0.25, 0.3) is 4.85 Å². The van der Waals surface area contributed by atoms with Crippen molar-refractivity contribution in [2.24, 2.45) is 0 Å². The molecule has 0 fully saturated rings. The monoisotopic (exact) mass is 239 g/mol. The fourth-order valence-corrected chi connectivity index (χ4v) is 1.51. The molecule has 0 saturated heterocycles. The van der Waals surface area contributed by atoms with Crippen molar-refractivity contribution in [2.45, 2.75) is 0 Å². The van der Waals surface area contributed by atoms with Crippen LogP contribution in [0.2, 0.25) is 0 Å². The van der Waals surface area contributed by atoms with Crippen LogP contribution in [0.3, 0.4) is 0 Å². The van der Waals surface area contributed by atoms with E-state index in [9.17, 15) is 8.42 Å². The van der Waals surface area contributed by atoms with E-state index in [1.165, 1.54) is 26.4 Å². The zero-order chi connectivity index (χ0) is 12.1. The number of hydrogen-bond donors (Lipinski definition) is 0. The van der Waals surface area contributed by atoms with Crippen LogP contribution in [0.1, 0.15) is 5.56 Å². The van der Waals surface area contributed by atoms with Crippen LogP contribution >= 0.6 is 0 Å². The Morgan fingerprint density at radius 3 is 2.00 bits per heavy atom. The Balaban J connectivity index is 3.46. The highest BCUT2D eigenvalue weighted by Crippen LogP contribution is 2.22. The second-order valence-electron chi connectivity index (χ2n) is 2.75. The molecular weight excluding hydrogens is 230 g/mol. The van der Waals surface area contributed by atoms with Crippen molar-refractivity contribution in [3.63, 3.8) is 0 Å². The molecule has 0 bridgehead atoms. The largest absolute Gasteiger partial charge is 0.497 e. The van der Waals surface area contributed by atoms with Gasteiger partial charge in [0.2, 0.25) is 10.3 Å².